The van der Waals surface area contributed by atoms with Crippen LogP contribution in [-0.2, 0) is 19.1 Å². The van der Waals surface area contributed by atoms with Gasteiger partial charge in [-0.1, -0.05) is 40.0 Å². The molecule has 0 aliphatic carbocycles. The monoisotopic (exact) mass is 258 g/mol. The van der Waals surface area contributed by atoms with Crippen molar-refractivity contribution in [3.63, 3.8) is 0 Å². The Hall–Kier alpha value is -1.06. The number of esters is 2. The van der Waals surface area contributed by atoms with Crippen molar-refractivity contribution in [2.45, 2.75) is 65.9 Å². The van der Waals surface area contributed by atoms with Crippen LogP contribution in [0.3, 0.4) is 0 Å². The molecule has 18 heavy (non-hydrogen) atoms. The Balaban J connectivity index is 3.74. The van der Waals surface area contributed by atoms with Crippen LogP contribution in [0.5, 0.6) is 0 Å². The molecule has 0 heterocycles. The van der Waals surface area contributed by atoms with E-state index in [1.54, 1.807) is 6.92 Å². The molecule has 0 radical (unpaired) electrons. The molecule has 0 fully saturated rings. The van der Waals surface area contributed by atoms with Gasteiger partial charge in [0, 0.05) is 0 Å². The van der Waals surface area contributed by atoms with E-state index in [4.69, 9.17) is 9.47 Å². The van der Waals surface area contributed by atoms with Crippen molar-refractivity contribution in [2.75, 3.05) is 6.61 Å². The number of carbonyl (C=O) groups is 2. The molecule has 0 aromatic carbocycles. The van der Waals surface area contributed by atoms with Crippen LogP contribution < -0.4 is 0 Å². The van der Waals surface area contributed by atoms with E-state index < -0.39 is 11.9 Å². The van der Waals surface area contributed by atoms with Crippen LogP contribution >= 0.6 is 0 Å². The molecule has 106 valence electrons. The van der Waals surface area contributed by atoms with E-state index in [1.165, 1.54) is 12.8 Å². The maximum atomic E-state index is 11.4. The summed E-state index contributed by atoms with van der Waals surface area (Å²) in [6.07, 6.45) is 5.09. The smallest absolute Gasteiger partial charge is 0.417 e. The Morgan fingerprint density at radius 1 is 1.00 bits per heavy atom. The van der Waals surface area contributed by atoms with E-state index in [-0.39, 0.29) is 18.6 Å². The fraction of sp³-hybridized carbons (Fsp3) is 0.857. The Bertz CT molecular complexity index is 248. The minimum absolute atomic E-state index is 0.216. The lowest BCUT2D eigenvalue weighted by molar-refractivity contribution is -0.171. The molecule has 0 spiro atoms. The zero-order chi connectivity index (χ0) is 14.0. The Morgan fingerprint density at radius 2 is 1.67 bits per heavy atom. The lowest BCUT2D eigenvalue weighted by Crippen LogP contribution is -2.25. The molecular formula is C14H26O4. The van der Waals surface area contributed by atoms with E-state index in [9.17, 15) is 9.59 Å². The van der Waals surface area contributed by atoms with Crippen molar-refractivity contribution in [2.24, 2.45) is 5.92 Å². The average Bonchev–Trinajstić information content (AvgIpc) is 2.31. The first kappa shape index (κ1) is 16.9. The summed E-state index contributed by atoms with van der Waals surface area (Å²) in [5.74, 6) is -1.55. The molecule has 1 unspecified atom stereocenters. The molecular weight excluding hydrogens is 232 g/mol. The van der Waals surface area contributed by atoms with Crippen LogP contribution in [0.25, 0.3) is 0 Å². The number of rotatable bonds is 8. The SMILES string of the molecule is CCCCCCC(C)OC(=O)C(=O)OCC(C)C. The second-order valence-electron chi connectivity index (χ2n) is 5.06. The summed E-state index contributed by atoms with van der Waals surface area (Å²) in [6, 6.07) is 0. The van der Waals surface area contributed by atoms with Crippen molar-refractivity contribution in [3.8, 4) is 0 Å². The summed E-state index contributed by atoms with van der Waals surface area (Å²) < 4.78 is 9.81. The van der Waals surface area contributed by atoms with Crippen LogP contribution in [-0.4, -0.2) is 24.6 Å². The summed E-state index contributed by atoms with van der Waals surface area (Å²) in [5, 5.41) is 0. The molecule has 0 N–H and O–H groups in total. The van der Waals surface area contributed by atoms with Gasteiger partial charge in [-0.25, -0.2) is 9.59 Å². The molecule has 0 aromatic heterocycles. The molecule has 0 bridgehead atoms. The summed E-state index contributed by atoms with van der Waals surface area (Å²) in [7, 11) is 0. The van der Waals surface area contributed by atoms with Crippen LogP contribution in [0.2, 0.25) is 0 Å². The molecule has 1 atom stereocenters. The molecule has 4 heteroatoms. The molecule has 0 aliphatic heterocycles. The van der Waals surface area contributed by atoms with Crippen LogP contribution in [0.15, 0.2) is 0 Å². The van der Waals surface area contributed by atoms with Gasteiger partial charge in [0.25, 0.3) is 0 Å². The average molecular weight is 258 g/mol. The topological polar surface area (TPSA) is 52.6 Å². The first-order valence-electron chi connectivity index (χ1n) is 6.85. The highest BCUT2D eigenvalue weighted by molar-refractivity contribution is 6.29. The number of hydrogen-bond acceptors (Lipinski definition) is 4. The second kappa shape index (κ2) is 9.92. The number of ether oxygens (including phenoxy) is 2. The van der Waals surface area contributed by atoms with Gasteiger partial charge in [-0.3, -0.25) is 0 Å². The van der Waals surface area contributed by atoms with Gasteiger partial charge >= 0.3 is 11.9 Å². The fourth-order valence-electron chi connectivity index (χ4n) is 1.45. The van der Waals surface area contributed by atoms with Crippen molar-refractivity contribution in [1.29, 1.82) is 0 Å². The minimum Gasteiger partial charge on any atom is -0.457 e. The third-order valence-electron chi connectivity index (χ3n) is 2.49. The zero-order valence-electron chi connectivity index (χ0n) is 12.0. The van der Waals surface area contributed by atoms with Gasteiger partial charge in [-0.15, -0.1) is 0 Å². The Kier molecular flexibility index (Phi) is 9.33. The lowest BCUT2D eigenvalue weighted by Gasteiger charge is -2.13. The second-order valence-corrected chi connectivity index (χ2v) is 5.06. The lowest BCUT2D eigenvalue weighted by atomic mass is 10.1. The molecule has 0 rings (SSSR count). The van der Waals surface area contributed by atoms with Crippen LogP contribution in [0.4, 0.5) is 0 Å². The van der Waals surface area contributed by atoms with E-state index in [2.05, 4.69) is 6.92 Å². The van der Waals surface area contributed by atoms with Gasteiger partial charge in [0.2, 0.25) is 0 Å². The van der Waals surface area contributed by atoms with Crippen molar-refractivity contribution >= 4 is 11.9 Å². The summed E-state index contributed by atoms with van der Waals surface area (Å²) in [4.78, 5) is 22.6. The Morgan fingerprint density at radius 3 is 2.22 bits per heavy atom. The predicted molar refractivity (Wildman–Crippen MR) is 70.1 cm³/mol. The van der Waals surface area contributed by atoms with Crippen molar-refractivity contribution in [3.05, 3.63) is 0 Å². The van der Waals surface area contributed by atoms with Gasteiger partial charge in [-0.2, -0.15) is 0 Å². The molecule has 0 saturated heterocycles. The van der Waals surface area contributed by atoms with E-state index >= 15 is 0 Å². The summed E-state index contributed by atoms with van der Waals surface area (Å²) >= 11 is 0. The van der Waals surface area contributed by atoms with Gasteiger partial charge in [0.15, 0.2) is 0 Å². The highest BCUT2D eigenvalue weighted by Gasteiger charge is 2.20. The third kappa shape index (κ3) is 9.02. The first-order chi connectivity index (χ1) is 8.47. The maximum absolute atomic E-state index is 11.4. The molecule has 0 saturated carbocycles. The third-order valence-corrected chi connectivity index (χ3v) is 2.49. The maximum Gasteiger partial charge on any atom is 0.417 e. The highest BCUT2D eigenvalue weighted by atomic mass is 16.6. The molecule has 4 nitrogen and oxygen atoms in total. The minimum atomic E-state index is -0.885. The largest absolute Gasteiger partial charge is 0.457 e. The summed E-state index contributed by atoms with van der Waals surface area (Å²) in [5.41, 5.74) is 0. The van der Waals surface area contributed by atoms with Crippen LogP contribution in [0, 0.1) is 5.92 Å². The van der Waals surface area contributed by atoms with Crippen molar-refractivity contribution in [1.82, 2.24) is 0 Å². The zero-order valence-corrected chi connectivity index (χ0v) is 12.0. The van der Waals surface area contributed by atoms with Gasteiger partial charge < -0.3 is 9.47 Å². The predicted octanol–water partition coefficient (Wildman–Crippen LogP) is 3.09. The number of carbonyl (C=O) groups excluding carboxylic acids is 2. The fourth-order valence-corrected chi connectivity index (χ4v) is 1.45. The molecule has 0 amide bonds. The summed E-state index contributed by atoms with van der Waals surface area (Å²) in [6.45, 7) is 8.02. The number of unbranched alkanes of at least 4 members (excludes halogenated alkanes) is 3. The van der Waals surface area contributed by atoms with E-state index in [1.807, 2.05) is 13.8 Å². The van der Waals surface area contributed by atoms with Gasteiger partial charge in [0.05, 0.1) is 12.7 Å². The molecule has 0 aliphatic rings. The van der Waals surface area contributed by atoms with Gasteiger partial charge in [0.1, 0.15) is 0 Å². The molecule has 0 aromatic rings. The van der Waals surface area contributed by atoms with Gasteiger partial charge in [-0.05, 0) is 25.7 Å². The van der Waals surface area contributed by atoms with E-state index in [0.717, 1.165) is 19.3 Å². The van der Waals surface area contributed by atoms with Crippen molar-refractivity contribution < 1.29 is 19.1 Å². The number of hydrogen-bond donors (Lipinski definition) is 0. The highest BCUT2D eigenvalue weighted by Crippen LogP contribution is 2.08. The van der Waals surface area contributed by atoms with Crippen LogP contribution in [0.1, 0.15) is 59.8 Å². The Labute approximate surface area is 110 Å². The van der Waals surface area contributed by atoms with E-state index in [0.29, 0.717) is 0 Å². The quantitative estimate of drug-likeness (QED) is 0.381. The normalized spacial score (nSPS) is 12.3. The standard InChI is InChI=1S/C14H26O4/c1-5-6-7-8-9-12(4)18-14(16)13(15)17-10-11(2)3/h11-12H,5-10H2,1-4H3. The first-order valence-corrected chi connectivity index (χ1v) is 6.85.